The Labute approximate surface area is 125 Å². The van der Waals surface area contributed by atoms with Gasteiger partial charge in [0.2, 0.25) is 10.0 Å². The molecule has 0 aromatic heterocycles. The first-order valence-corrected chi connectivity index (χ1v) is 8.30. The third kappa shape index (κ3) is 3.42. The third-order valence-electron chi connectivity index (χ3n) is 3.84. The van der Waals surface area contributed by atoms with E-state index in [4.69, 9.17) is 5.11 Å². The molecule has 1 aromatic carbocycles. The zero-order valence-electron chi connectivity index (χ0n) is 12.2. The highest BCUT2D eigenvalue weighted by molar-refractivity contribution is 7.89. The van der Waals surface area contributed by atoms with E-state index in [0.717, 1.165) is 5.56 Å². The molecule has 1 N–H and O–H groups in total. The summed E-state index contributed by atoms with van der Waals surface area (Å²) < 4.78 is 26.4. The van der Waals surface area contributed by atoms with Gasteiger partial charge >= 0.3 is 5.97 Å². The minimum absolute atomic E-state index is 0.285. The Hall–Kier alpha value is -1.44. The highest BCUT2D eigenvalue weighted by atomic mass is 32.2. The Balaban J connectivity index is 2.07. The average Bonchev–Trinajstić information content (AvgIpc) is 2.47. The molecule has 0 amide bonds. The number of hydrogen-bond donors (Lipinski definition) is 1. The normalized spacial score (nSPS) is 19.3. The van der Waals surface area contributed by atoms with Crippen molar-refractivity contribution in [2.75, 3.05) is 26.2 Å². The molecule has 2 rings (SSSR count). The number of hydrogen-bond acceptors (Lipinski definition) is 4. The molecule has 1 aliphatic heterocycles. The van der Waals surface area contributed by atoms with Crippen molar-refractivity contribution in [1.82, 2.24) is 9.21 Å². The lowest BCUT2D eigenvalue weighted by molar-refractivity contribution is -0.143. The molecule has 1 aromatic rings. The van der Waals surface area contributed by atoms with Crippen molar-refractivity contribution in [3.05, 3.63) is 29.8 Å². The van der Waals surface area contributed by atoms with Gasteiger partial charge in [-0.3, -0.25) is 9.69 Å². The van der Waals surface area contributed by atoms with Gasteiger partial charge in [-0.15, -0.1) is 0 Å². The summed E-state index contributed by atoms with van der Waals surface area (Å²) >= 11 is 0. The van der Waals surface area contributed by atoms with Crippen molar-refractivity contribution >= 4 is 16.0 Å². The van der Waals surface area contributed by atoms with Crippen molar-refractivity contribution in [1.29, 1.82) is 0 Å². The summed E-state index contributed by atoms with van der Waals surface area (Å²) in [6, 6.07) is 6.17. The molecule has 1 fully saturated rings. The molecular formula is C14H20N2O4S. The van der Waals surface area contributed by atoms with E-state index in [2.05, 4.69) is 0 Å². The second-order valence-electron chi connectivity index (χ2n) is 5.27. The number of nitrogens with zero attached hydrogens (tertiary/aromatic N) is 2. The highest BCUT2D eigenvalue weighted by Gasteiger charge is 2.31. The fourth-order valence-corrected chi connectivity index (χ4v) is 3.77. The summed E-state index contributed by atoms with van der Waals surface area (Å²) in [4.78, 5) is 13.0. The van der Waals surface area contributed by atoms with Gasteiger partial charge in [0, 0.05) is 26.2 Å². The van der Waals surface area contributed by atoms with Crippen LogP contribution < -0.4 is 0 Å². The standard InChI is InChI=1S/C14H20N2O4S/c1-11-3-5-13(6-4-11)21(19,20)16-9-7-15(8-10-16)12(2)14(17)18/h3-6,12H,7-10H2,1-2H3,(H,17,18). The molecule has 1 unspecified atom stereocenters. The van der Waals surface area contributed by atoms with E-state index >= 15 is 0 Å². The van der Waals surface area contributed by atoms with Crippen molar-refractivity contribution < 1.29 is 18.3 Å². The Bertz CT molecular complexity index is 604. The summed E-state index contributed by atoms with van der Waals surface area (Å²) in [6.07, 6.45) is 0. The number of piperazine rings is 1. The molecule has 1 heterocycles. The second kappa shape index (κ2) is 6.13. The van der Waals surface area contributed by atoms with Crippen LogP contribution in [-0.4, -0.2) is 60.9 Å². The van der Waals surface area contributed by atoms with Gasteiger partial charge in [0.15, 0.2) is 0 Å². The number of carbonyl (C=O) groups is 1. The molecule has 0 aliphatic carbocycles. The third-order valence-corrected chi connectivity index (χ3v) is 5.75. The van der Waals surface area contributed by atoms with Gasteiger partial charge in [-0.2, -0.15) is 4.31 Å². The number of carboxylic acids is 1. The van der Waals surface area contributed by atoms with Crippen LogP contribution in [0.3, 0.4) is 0 Å². The first-order valence-electron chi connectivity index (χ1n) is 6.86. The number of rotatable bonds is 4. The van der Waals surface area contributed by atoms with Gasteiger partial charge in [0.05, 0.1) is 4.90 Å². The zero-order chi connectivity index (χ0) is 15.6. The van der Waals surface area contributed by atoms with Gasteiger partial charge in [0.25, 0.3) is 0 Å². The first kappa shape index (κ1) is 15.9. The monoisotopic (exact) mass is 312 g/mol. The molecule has 1 aliphatic rings. The number of carboxylic acid groups (broad SMARTS) is 1. The van der Waals surface area contributed by atoms with Gasteiger partial charge in [-0.25, -0.2) is 8.42 Å². The minimum atomic E-state index is -3.49. The van der Waals surface area contributed by atoms with Crippen molar-refractivity contribution in [3.8, 4) is 0 Å². The van der Waals surface area contributed by atoms with Crippen LogP contribution in [-0.2, 0) is 14.8 Å². The molecule has 0 radical (unpaired) electrons. The predicted octanol–water partition coefficient (Wildman–Crippen LogP) is 0.774. The van der Waals surface area contributed by atoms with Crippen LogP contribution in [0.1, 0.15) is 12.5 Å². The van der Waals surface area contributed by atoms with Crippen LogP contribution in [0, 0.1) is 6.92 Å². The predicted molar refractivity (Wildman–Crippen MR) is 78.6 cm³/mol. The van der Waals surface area contributed by atoms with Crippen LogP contribution in [0.5, 0.6) is 0 Å². The average molecular weight is 312 g/mol. The molecule has 21 heavy (non-hydrogen) atoms. The summed E-state index contributed by atoms with van der Waals surface area (Å²) in [5, 5.41) is 8.99. The first-order chi connectivity index (χ1) is 9.82. The zero-order valence-corrected chi connectivity index (χ0v) is 13.0. The minimum Gasteiger partial charge on any atom is -0.480 e. The fourth-order valence-electron chi connectivity index (χ4n) is 2.35. The van der Waals surface area contributed by atoms with E-state index < -0.39 is 22.0 Å². The van der Waals surface area contributed by atoms with Crippen LogP contribution in [0.2, 0.25) is 0 Å². The van der Waals surface area contributed by atoms with E-state index in [9.17, 15) is 13.2 Å². The molecule has 0 bridgehead atoms. The van der Waals surface area contributed by atoms with Crippen LogP contribution in [0.15, 0.2) is 29.2 Å². The van der Waals surface area contributed by atoms with Crippen molar-refractivity contribution in [3.63, 3.8) is 0 Å². The lowest BCUT2D eigenvalue weighted by atomic mass is 10.2. The molecular weight excluding hydrogens is 292 g/mol. The molecule has 116 valence electrons. The van der Waals surface area contributed by atoms with E-state index in [1.165, 1.54) is 4.31 Å². The van der Waals surface area contributed by atoms with Crippen LogP contribution >= 0.6 is 0 Å². The highest BCUT2D eigenvalue weighted by Crippen LogP contribution is 2.18. The Kier molecular flexibility index (Phi) is 4.65. The van der Waals surface area contributed by atoms with Crippen LogP contribution in [0.25, 0.3) is 0 Å². The summed E-state index contributed by atoms with van der Waals surface area (Å²) in [6.45, 7) is 5.01. The molecule has 6 nitrogen and oxygen atoms in total. The topological polar surface area (TPSA) is 77.9 Å². The van der Waals surface area contributed by atoms with Crippen molar-refractivity contribution in [2.45, 2.75) is 24.8 Å². The Morgan fingerprint density at radius 1 is 1.14 bits per heavy atom. The maximum atomic E-state index is 12.5. The van der Waals surface area contributed by atoms with E-state index in [0.29, 0.717) is 26.2 Å². The Morgan fingerprint density at radius 2 is 1.67 bits per heavy atom. The number of sulfonamides is 1. The van der Waals surface area contributed by atoms with Gasteiger partial charge in [0.1, 0.15) is 6.04 Å². The lowest BCUT2D eigenvalue weighted by Gasteiger charge is -2.35. The lowest BCUT2D eigenvalue weighted by Crippen LogP contribution is -2.53. The fraction of sp³-hybridized carbons (Fsp3) is 0.500. The molecule has 0 saturated carbocycles. The number of benzene rings is 1. The van der Waals surface area contributed by atoms with Crippen LogP contribution in [0.4, 0.5) is 0 Å². The number of aryl methyl sites for hydroxylation is 1. The Morgan fingerprint density at radius 3 is 2.14 bits per heavy atom. The molecule has 1 saturated heterocycles. The second-order valence-corrected chi connectivity index (χ2v) is 7.21. The summed E-state index contributed by atoms with van der Waals surface area (Å²) in [5.41, 5.74) is 1.01. The van der Waals surface area contributed by atoms with Gasteiger partial charge in [-0.05, 0) is 26.0 Å². The van der Waals surface area contributed by atoms with E-state index in [1.54, 1.807) is 36.1 Å². The summed E-state index contributed by atoms with van der Waals surface area (Å²) in [7, 11) is -3.49. The molecule has 0 spiro atoms. The summed E-state index contributed by atoms with van der Waals surface area (Å²) in [5.74, 6) is -0.884. The van der Waals surface area contributed by atoms with E-state index in [1.807, 2.05) is 6.92 Å². The smallest absolute Gasteiger partial charge is 0.320 e. The maximum Gasteiger partial charge on any atom is 0.320 e. The quantitative estimate of drug-likeness (QED) is 0.889. The SMILES string of the molecule is Cc1ccc(S(=O)(=O)N2CCN(C(C)C(=O)O)CC2)cc1. The molecule has 7 heteroatoms. The van der Waals surface area contributed by atoms with E-state index in [-0.39, 0.29) is 4.90 Å². The largest absolute Gasteiger partial charge is 0.480 e. The maximum absolute atomic E-state index is 12.5. The number of aliphatic carboxylic acids is 1. The van der Waals surface area contributed by atoms with Crippen molar-refractivity contribution in [2.24, 2.45) is 0 Å². The molecule has 1 atom stereocenters. The van der Waals surface area contributed by atoms with Gasteiger partial charge in [-0.1, -0.05) is 17.7 Å². The van der Waals surface area contributed by atoms with Gasteiger partial charge < -0.3 is 5.11 Å².